The van der Waals surface area contributed by atoms with E-state index in [1.54, 1.807) is 7.11 Å². The molecule has 2 aliphatic rings. The molecule has 2 saturated heterocycles. The highest BCUT2D eigenvalue weighted by molar-refractivity contribution is 5.77. The first-order chi connectivity index (χ1) is 8.39. The molecule has 18 heavy (non-hydrogen) atoms. The molecule has 0 radical (unpaired) electrons. The molecule has 0 aromatic rings. The van der Waals surface area contributed by atoms with Crippen molar-refractivity contribution in [2.45, 2.75) is 44.0 Å². The highest BCUT2D eigenvalue weighted by atomic mass is 16.8. The van der Waals surface area contributed by atoms with Crippen LogP contribution in [0.1, 0.15) is 13.8 Å². The van der Waals surface area contributed by atoms with E-state index in [1.165, 1.54) is 7.11 Å². The average molecular weight is 259 g/mol. The van der Waals surface area contributed by atoms with Crippen molar-refractivity contribution in [3.63, 3.8) is 0 Å². The van der Waals surface area contributed by atoms with E-state index in [-0.39, 0.29) is 24.3 Å². The minimum absolute atomic E-state index is 0.109. The molecule has 0 N–H and O–H groups in total. The Morgan fingerprint density at radius 2 is 1.89 bits per heavy atom. The zero-order valence-corrected chi connectivity index (χ0v) is 11.5. The van der Waals surface area contributed by atoms with Crippen LogP contribution in [0, 0.1) is 0 Å². The van der Waals surface area contributed by atoms with Gasteiger partial charge in [-0.15, -0.1) is 0 Å². The maximum Gasteiger partial charge on any atom is 0.325 e. The second-order valence-electron chi connectivity index (χ2n) is 5.25. The molecule has 2 fully saturated rings. The Labute approximate surface area is 107 Å². The Morgan fingerprint density at radius 1 is 1.28 bits per heavy atom. The first-order valence-corrected chi connectivity index (χ1v) is 6.06. The van der Waals surface area contributed by atoms with E-state index in [1.807, 2.05) is 25.8 Å². The number of hydrogen-bond donors (Lipinski definition) is 0. The number of likely N-dealkylation sites (N-methyl/N-ethyl adjacent to an activating group) is 1. The Kier molecular flexibility index (Phi) is 3.64. The highest BCUT2D eigenvalue weighted by Crippen LogP contribution is 2.37. The van der Waals surface area contributed by atoms with E-state index >= 15 is 0 Å². The predicted molar refractivity (Wildman–Crippen MR) is 63.1 cm³/mol. The van der Waals surface area contributed by atoms with E-state index < -0.39 is 11.8 Å². The van der Waals surface area contributed by atoms with Crippen LogP contribution in [0.15, 0.2) is 0 Å². The van der Waals surface area contributed by atoms with E-state index in [4.69, 9.17) is 18.9 Å². The molecular weight excluding hydrogens is 238 g/mol. The minimum atomic E-state index is -0.705. The Morgan fingerprint density at radius 3 is 2.44 bits per heavy atom. The Bertz CT molecular complexity index is 332. The molecule has 4 atom stereocenters. The van der Waals surface area contributed by atoms with Gasteiger partial charge in [0.2, 0.25) is 0 Å². The summed E-state index contributed by atoms with van der Waals surface area (Å²) in [6.07, 6.45) is -0.718. The molecule has 0 aromatic carbocycles. The fourth-order valence-corrected chi connectivity index (χ4v) is 2.74. The normalized spacial score (nSPS) is 39.4. The lowest BCUT2D eigenvalue weighted by Crippen LogP contribution is -2.62. The van der Waals surface area contributed by atoms with Crippen molar-refractivity contribution >= 4 is 5.97 Å². The number of nitrogens with zero attached hydrogens (tertiary/aromatic N) is 1. The zero-order valence-electron chi connectivity index (χ0n) is 11.5. The summed E-state index contributed by atoms with van der Waals surface area (Å²) in [5.41, 5.74) is 0. The number of carbonyl (C=O) groups excluding carboxylic acids is 1. The zero-order chi connectivity index (χ0) is 13.5. The van der Waals surface area contributed by atoms with Crippen LogP contribution < -0.4 is 0 Å². The maximum atomic E-state index is 11.9. The molecule has 2 heterocycles. The summed E-state index contributed by atoms with van der Waals surface area (Å²) in [7, 11) is 4.88. The predicted octanol–water partition coefficient (Wildman–Crippen LogP) is 0.00850. The lowest BCUT2D eigenvalue weighted by atomic mass is 9.94. The number of likely N-dealkylation sites (tertiary alicyclic amines) is 1. The summed E-state index contributed by atoms with van der Waals surface area (Å²) in [4.78, 5) is 13.8. The third-order valence-corrected chi connectivity index (χ3v) is 3.53. The van der Waals surface area contributed by atoms with Gasteiger partial charge in [0.25, 0.3) is 0 Å². The fourth-order valence-electron chi connectivity index (χ4n) is 2.74. The SMILES string of the molecule is COC(=O)[C@H]1[C@@H]2OC(C)(C)O[C@@H]2[C@H](OC)CN1C. The van der Waals surface area contributed by atoms with Gasteiger partial charge in [-0.05, 0) is 20.9 Å². The third-order valence-electron chi connectivity index (χ3n) is 3.53. The number of carbonyl (C=O) groups is 1. The number of piperidine rings is 1. The second kappa shape index (κ2) is 4.77. The van der Waals surface area contributed by atoms with E-state index in [2.05, 4.69) is 0 Å². The van der Waals surface area contributed by atoms with Gasteiger partial charge in [-0.1, -0.05) is 0 Å². The Hall–Kier alpha value is -0.690. The molecule has 6 nitrogen and oxygen atoms in total. The van der Waals surface area contributed by atoms with Gasteiger partial charge in [0.1, 0.15) is 18.2 Å². The Balaban J connectivity index is 2.26. The van der Waals surface area contributed by atoms with E-state index in [9.17, 15) is 4.79 Å². The van der Waals surface area contributed by atoms with Crippen molar-refractivity contribution in [3.05, 3.63) is 0 Å². The van der Waals surface area contributed by atoms with Crippen molar-refractivity contribution in [2.75, 3.05) is 27.8 Å². The van der Waals surface area contributed by atoms with Crippen LogP contribution >= 0.6 is 0 Å². The topological polar surface area (TPSA) is 57.2 Å². The maximum absolute atomic E-state index is 11.9. The first kappa shape index (κ1) is 13.7. The first-order valence-electron chi connectivity index (χ1n) is 6.06. The second-order valence-corrected chi connectivity index (χ2v) is 5.25. The minimum Gasteiger partial charge on any atom is -0.468 e. The van der Waals surface area contributed by atoms with E-state index in [0.717, 1.165) is 0 Å². The van der Waals surface area contributed by atoms with Crippen LogP contribution in [-0.2, 0) is 23.7 Å². The lowest BCUT2D eigenvalue weighted by molar-refractivity contribution is -0.162. The van der Waals surface area contributed by atoms with Crippen molar-refractivity contribution in [3.8, 4) is 0 Å². The highest BCUT2D eigenvalue weighted by Gasteiger charge is 2.55. The number of ether oxygens (including phenoxy) is 4. The lowest BCUT2D eigenvalue weighted by Gasteiger charge is -2.40. The van der Waals surface area contributed by atoms with Gasteiger partial charge in [-0.2, -0.15) is 0 Å². The van der Waals surface area contributed by atoms with Crippen LogP contribution in [0.2, 0.25) is 0 Å². The van der Waals surface area contributed by atoms with Gasteiger partial charge < -0.3 is 18.9 Å². The van der Waals surface area contributed by atoms with Crippen molar-refractivity contribution in [1.29, 1.82) is 0 Å². The smallest absolute Gasteiger partial charge is 0.325 e. The van der Waals surface area contributed by atoms with Crippen molar-refractivity contribution in [1.82, 2.24) is 4.90 Å². The standard InChI is InChI=1S/C12H21NO5/c1-12(2)17-9-7(15-4)6-13(3)8(10(9)18-12)11(14)16-5/h7-10H,6H2,1-5H3/t7-,8-,9-,10+/m1/s1. The molecule has 2 aliphatic heterocycles. The summed E-state index contributed by atoms with van der Waals surface area (Å²) in [5, 5.41) is 0. The molecule has 6 heteroatoms. The van der Waals surface area contributed by atoms with Gasteiger partial charge in [-0.25, -0.2) is 0 Å². The monoisotopic (exact) mass is 259 g/mol. The quantitative estimate of drug-likeness (QED) is 0.651. The molecule has 0 spiro atoms. The van der Waals surface area contributed by atoms with Gasteiger partial charge >= 0.3 is 5.97 Å². The molecule has 0 aliphatic carbocycles. The summed E-state index contributed by atoms with van der Waals surface area (Å²) >= 11 is 0. The van der Waals surface area contributed by atoms with E-state index in [0.29, 0.717) is 6.54 Å². The number of fused-ring (bicyclic) bond motifs is 1. The molecule has 0 aromatic heterocycles. The van der Waals surface area contributed by atoms with Gasteiger partial charge in [-0.3, -0.25) is 9.69 Å². The molecule has 0 saturated carbocycles. The number of esters is 1. The summed E-state index contributed by atoms with van der Waals surface area (Å²) in [6, 6.07) is -0.451. The molecular formula is C12H21NO5. The summed E-state index contributed by atoms with van der Waals surface area (Å²) in [5.74, 6) is -1.01. The van der Waals surface area contributed by atoms with Crippen LogP contribution in [-0.4, -0.2) is 68.8 Å². The van der Waals surface area contributed by atoms with Gasteiger partial charge in [0.05, 0.1) is 13.2 Å². The summed E-state index contributed by atoms with van der Waals surface area (Å²) < 4.78 is 22.0. The number of methoxy groups -OCH3 is 2. The van der Waals surface area contributed by atoms with Crippen LogP contribution in [0.4, 0.5) is 0 Å². The van der Waals surface area contributed by atoms with Crippen LogP contribution in [0.25, 0.3) is 0 Å². The van der Waals surface area contributed by atoms with Gasteiger partial charge in [0, 0.05) is 13.7 Å². The summed E-state index contributed by atoms with van der Waals surface area (Å²) in [6.45, 7) is 4.29. The average Bonchev–Trinajstić information content (AvgIpc) is 2.62. The molecule has 104 valence electrons. The number of rotatable bonds is 2. The fraction of sp³-hybridized carbons (Fsp3) is 0.917. The van der Waals surface area contributed by atoms with Gasteiger partial charge in [0.15, 0.2) is 5.79 Å². The van der Waals surface area contributed by atoms with Crippen LogP contribution in [0.5, 0.6) is 0 Å². The molecule has 0 unspecified atom stereocenters. The van der Waals surface area contributed by atoms with Crippen molar-refractivity contribution in [2.24, 2.45) is 0 Å². The van der Waals surface area contributed by atoms with Crippen LogP contribution in [0.3, 0.4) is 0 Å². The van der Waals surface area contributed by atoms with Crippen molar-refractivity contribution < 1.29 is 23.7 Å². The molecule has 0 bridgehead atoms. The largest absolute Gasteiger partial charge is 0.468 e. The molecule has 2 rings (SSSR count). The third kappa shape index (κ3) is 2.25. The molecule has 0 amide bonds. The number of hydrogen-bond acceptors (Lipinski definition) is 6.